The standard InChI is InChI=1S/C3H6O3.2Fe/c1-2(4)3(5)6;;/h2,4H,1H3,(H,5,6);;/q;2*+2/p-1. The molecule has 0 aromatic carbocycles. The number of aliphatic hydroxyl groups excluding tert-OH is 1. The van der Waals surface area contributed by atoms with Gasteiger partial charge in [-0.3, -0.25) is 0 Å². The van der Waals surface area contributed by atoms with E-state index in [1.807, 2.05) is 0 Å². The summed E-state index contributed by atoms with van der Waals surface area (Å²) in [5, 5.41) is 17.3. The minimum Gasteiger partial charge on any atom is -0.547 e. The van der Waals surface area contributed by atoms with Crippen LogP contribution in [0.1, 0.15) is 6.92 Å². The van der Waals surface area contributed by atoms with E-state index in [9.17, 15) is 9.90 Å². The van der Waals surface area contributed by atoms with Gasteiger partial charge in [0.25, 0.3) is 0 Å². The molecule has 1 atom stereocenters. The Morgan fingerprint density at radius 2 is 1.75 bits per heavy atom. The number of aliphatic carboxylic acids is 1. The van der Waals surface area contributed by atoms with Gasteiger partial charge < -0.3 is 15.0 Å². The predicted octanol–water partition coefficient (Wildman–Crippen LogP) is -1.89. The summed E-state index contributed by atoms with van der Waals surface area (Å²) in [6.07, 6.45) is -1.34. The first-order chi connectivity index (χ1) is 2.64. The van der Waals surface area contributed by atoms with Gasteiger partial charge in [0.05, 0.1) is 12.1 Å². The third-order valence-electron chi connectivity index (χ3n) is 0.341. The number of carboxylic acid groups (broad SMARTS) is 1. The van der Waals surface area contributed by atoms with Gasteiger partial charge >= 0.3 is 34.1 Å². The van der Waals surface area contributed by atoms with Crippen LogP contribution in [0.4, 0.5) is 0 Å². The zero-order valence-corrected chi connectivity index (χ0v) is 6.26. The van der Waals surface area contributed by atoms with Crippen LogP contribution in [-0.2, 0) is 38.9 Å². The summed E-state index contributed by atoms with van der Waals surface area (Å²) < 4.78 is 0. The average molecular weight is 201 g/mol. The Morgan fingerprint density at radius 1 is 1.62 bits per heavy atom. The molecule has 0 aromatic heterocycles. The van der Waals surface area contributed by atoms with Crippen molar-refractivity contribution in [1.29, 1.82) is 0 Å². The molecular weight excluding hydrogens is 196 g/mol. The van der Waals surface area contributed by atoms with Crippen LogP contribution in [-0.4, -0.2) is 17.2 Å². The fraction of sp³-hybridized carbons (Fsp3) is 0.667. The van der Waals surface area contributed by atoms with E-state index in [0.29, 0.717) is 0 Å². The zero-order valence-electron chi connectivity index (χ0n) is 4.05. The van der Waals surface area contributed by atoms with Crippen molar-refractivity contribution in [3.8, 4) is 0 Å². The second-order valence-corrected chi connectivity index (χ2v) is 0.995. The first-order valence-corrected chi connectivity index (χ1v) is 1.53. The van der Waals surface area contributed by atoms with E-state index >= 15 is 0 Å². The Labute approximate surface area is 68.4 Å². The van der Waals surface area contributed by atoms with Gasteiger partial charge in [0.2, 0.25) is 0 Å². The van der Waals surface area contributed by atoms with Crippen molar-refractivity contribution >= 4 is 5.97 Å². The second-order valence-electron chi connectivity index (χ2n) is 0.995. The van der Waals surface area contributed by atoms with Crippen LogP contribution >= 0.6 is 0 Å². The van der Waals surface area contributed by atoms with Crippen molar-refractivity contribution in [2.24, 2.45) is 0 Å². The molecule has 1 N–H and O–H groups in total. The predicted molar refractivity (Wildman–Crippen MR) is 16.7 cm³/mol. The smallest absolute Gasteiger partial charge is 0.547 e. The van der Waals surface area contributed by atoms with Gasteiger partial charge in [-0.15, -0.1) is 0 Å². The molecule has 0 saturated carbocycles. The van der Waals surface area contributed by atoms with Crippen molar-refractivity contribution in [3.05, 3.63) is 0 Å². The topological polar surface area (TPSA) is 60.4 Å². The first-order valence-electron chi connectivity index (χ1n) is 1.53. The largest absolute Gasteiger partial charge is 2.00 e. The molecule has 0 fully saturated rings. The molecule has 0 aromatic rings. The molecule has 0 aliphatic rings. The average Bonchev–Trinajstić information content (AvgIpc) is 1.36. The molecule has 0 spiro atoms. The normalized spacial score (nSPS) is 10.2. The van der Waals surface area contributed by atoms with Crippen molar-refractivity contribution in [1.82, 2.24) is 0 Å². The van der Waals surface area contributed by atoms with E-state index in [0.717, 1.165) is 6.92 Å². The summed E-state index contributed by atoms with van der Waals surface area (Å²) in [4.78, 5) is 9.34. The number of carbonyl (C=O) groups excluding carboxylic acids is 1. The molecule has 0 amide bonds. The number of carboxylic acids is 1. The fourth-order valence-electron chi connectivity index (χ4n) is 0. The molecule has 0 heterocycles. The number of hydrogen-bond donors (Lipinski definition) is 1. The van der Waals surface area contributed by atoms with Crippen LogP contribution in [0.5, 0.6) is 0 Å². The van der Waals surface area contributed by atoms with Gasteiger partial charge in [0.15, 0.2) is 0 Å². The Bertz CT molecular complexity index is 63.5. The fourth-order valence-corrected chi connectivity index (χ4v) is 0. The minimum atomic E-state index is -1.44. The molecular formula is C3H5Fe2O3+3. The first kappa shape index (κ1) is 15.8. The molecule has 1 unspecified atom stereocenters. The second kappa shape index (κ2) is 7.47. The van der Waals surface area contributed by atoms with Crippen LogP contribution in [0.25, 0.3) is 0 Å². The Morgan fingerprint density at radius 3 is 1.75 bits per heavy atom. The Balaban J connectivity index is -0.000000125. The van der Waals surface area contributed by atoms with E-state index in [1.165, 1.54) is 0 Å². The van der Waals surface area contributed by atoms with Gasteiger partial charge in [-0.25, -0.2) is 0 Å². The van der Waals surface area contributed by atoms with Crippen LogP contribution in [0.2, 0.25) is 0 Å². The van der Waals surface area contributed by atoms with Crippen molar-refractivity contribution in [3.63, 3.8) is 0 Å². The zero-order chi connectivity index (χ0) is 5.15. The summed E-state index contributed by atoms with van der Waals surface area (Å²) >= 11 is 0. The summed E-state index contributed by atoms with van der Waals surface area (Å²) in [6, 6.07) is 0. The molecule has 8 heavy (non-hydrogen) atoms. The Hall–Kier alpha value is 0.469. The summed E-state index contributed by atoms with van der Waals surface area (Å²) in [7, 11) is 0. The minimum absolute atomic E-state index is 0. The van der Waals surface area contributed by atoms with Gasteiger partial charge in [-0.05, 0) is 6.92 Å². The van der Waals surface area contributed by atoms with Crippen LogP contribution in [0.15, 0.2) is 0 Å². The maximum absolute atomic E-state index is 9.34. The van der Waals surface area contributed by atoms with E-state index < -0.39 is 12.1 Å². The van der Waals surface area contributed by atoms with Crippen LogP contribution < -0.4 is 5.11 Å². The van der Waals surface area contributed by atoms with E-state index in [4.69, 9.17) is 5.11 Å². The number of rotatable bonds is 1. The van der Waals surface area contributed by atoms with E-state index in [1.54, 1.807) is 0 Å². The molecule has 0 radical (unpaired) electrons. The van der Waals surface area contributed by atoms with Gasteiger partial charge in [0, 0.05) is 0 Å². The van der Waals surface area contributed by atoms with Crippen LogP contribution in [0, 0.1) is 0 Å². The maximum atomic E-state index is 9.34. The third kappa shape index (κ3) is 9.69. The summed E-state index contributed by atoms with van der Waals surface area (Å²) in [5.41, 5.74) is 0. The molecule has 0 bridgehead atoms. The quantitative estimate of drug-likeness (QED) is 0.504. The van der Waals surface area contributed by atoms with E-state index in [-0.39, 0.29) is 34.1 Å². The third-order valence-corrected chi connectivity index (χ3v) is 0.341. The number of aliphatic hydroxyl groups is 1. The van der Waals surface area contributed by atoms with E-state index in [2.05, 4.69) is 0 Å². The van der Waals surface area contributed by atoms with Crippen LogP contribution in [0.3, 0.4) is 0 Å². The van der Waals surface area contributed by atoms with Gasteiger partial charge in [0.1, 0.15) is 0 Å². The van der Waals surface area contributed by atoms with Gasteiger partial charge in [-0.1, -0.05) is 0 Å². The molecule has 3 nitrogen and oxygen atoms in total. The monoisotopic (exact) mass is 201 g/mol. The SMILES string of the molecule is CC(O)C(=O)[O-].[Fe+2].[Fe+2]. The molecule has 0 saturated heterocycles. The maximum Gasteiger partial charge on any atom is 2.00 e. The summed E-state index contributed by atoms with van der Waals surface area (Å²) in [5.74, 6) is -1.44. The molecule has 5 heteroatoms. The Kier molecular flexibility index (Phi) is 14.7. The molecule has 0 aliphatic carbocycles. The van der Waals surface area contributed by atoms with Crippen molar-refractivity contribution < 1.29 is 49.1 Å². The number of carbonyl (C=O) groups is 1. The van der Waals surface area contributed by atoms with Gasteiger partial charge in [-0.2, -0.15) is 0 Å². The summed E-state index contributed by atoms with van der Waals surface area (Å²) in [6.45, 7) is 1.13. The molecule has 0 rings (SSSR count). The number of hydrogen-bond acceptors (Lipinski definition) is 3. The molecule has 48 valence electrons. The van der Waals surface area contributed by atoms with Crippen molar-refractivity contribution in [2.45, 2.75) is 13.0 Å². The molecule has 0 aliphatic heterocycles. The van der Waals surface area contributed by atoms with Crippen molar-refractivity contribution in [2.75, 3.05) is 0 Å².